The van der Waals surface area contributed by atoms with E-state index in [9.17, 15) is 13.4 Å². The number of nitrogens with one attached hydrogen (secondary N) is 2. The smallest absolute Gasteiger partial charge is 0.315 e. The van der Waals surface area contributed by atoms with E-state index in [2.05, 4.69) is 10.6 Å². The highest BCUT2D eigenvalue weighted by Gasteiger charge is 2.28. The number of carbonyl (C=O) groups is 1. The molecular weight excluding hydrogens is 315 g/mol. The van der Waals surface area contributed by atoms with Gasteiger partial charge in [0.2, 0.25) is 0 Å². The predicted molar refractivity (Wildman–Crippen MR) is 91.2 cm³/mol. The normalized spacial score (nSPS) is 19.1. The van der Waals surface area contributed by atoms with E-state index in [1.807, 2.05) is 13.0 Å². The molecule has 1 saturated carbocycles. The van der Waals surface area contributed by atoms with E-state index in [1.54, 1.807) is 12.3 Å². The van der Waals surface area contributed by atoms with Crippen LogP contribution in [0.2, 0.25) is 0 Å². The van der Waals surface area contributed by atoms with Gasteiger partial charge in [-0.15, -0.1) is 0 Å². The molecule has 0 aromatic heterocycles. The van der Waals surface area contributed by atoms with Gasteiger partial charge >= 0.3 is 6.03 Å². The third kappa shape index (κ3) is 5.61. The van der Waals surface area contributed by atoms with Gasteiger partial charge in [0.05, 0.1) is 6.04 Å². The third-order valence-electron chi connectivity index (χ3n) is 4.23. The Bertz CT molecular complexity index is 561. The molecule has 3 atom stereocenters. The van der Waals surface area contributed by atoms with Crippen molar-refractivity contribution in [1.29, 1.82) is 0 Å². The van der Waals surface area contributed by atoms with E-state index in [0.717, 1.165) is 31.2 Å². The van der Waals surface area contributed by atoms with Crippen molar-refractivity contribution in [1.82, 2.24) is 10.6 Å². The lowest BCUT2D eigenvalue weighted by Crippen LogP contribution is -2.45. The topological polar surface area (TPSA) is 58.2 Å². The van der Waals surface area contributed by atoms with E-state index in [-0.39, 0.29) is 23.9 Å². The average Bonchev–Trinajstić information content (AvgIpc) is 2.97. The molecule has 1 aliphatic carbocycles. The second-order valence-corrected chi connectivity index (χ2v) is 7.82. The lowest BCUT2D eigenvalue weighted by Gasteiger charge is -2.26. The summed E-state index contributed by atoms with van der Waals surface area (Å²) in [7, 11) is -0.958. The molecule has 0 bridgehead atoms. The van der Waals surface area contributed by atoms with Gasteiger partial charge in [0.25, 0.3) is 0 Å². The summed E-state index contributed by atoms with van der Waals surface area (Å²) in [4.78, 5) is 12.2. The Morgan fingerprint density at radius 1 is 1.35 bits per heavy atom. The Kier molecular flexibility index (Phi) is 6.57. The Balaban J connectivity index is 2.05. The van der Waals surface area contributed by atoms with Crippen molar-refractivity contribution >= 4 is 16.8 Å². The van der Waals surface area contributed by atoms with Crippen molar-refractivity contribution < 1.29 is 13.4 Å². The Morgan fingerprint density at radius 3 is 2.65 bits per heavy atom. The minimum atomic E-state index is -0.958. The minimum Gasteiger partial charge on any atom is -0.335 e. The van der Waals surface area contributed by atoms with Crippen LogP contribution in [0, 0.1) is 11.7 Å². The van der Waals surface area contributed by atoms with Crippen LogP contribution in [0.5, 0.6) is 0 Å². The molecule has 0 saturated heterocycles. The van der Waals surface area contributed by atoms with Gasteiger partial charge in [0.1, 0.15) is 5.82 Å². The zero-order valence-electron chi connectivity index (χ0n) is 13.7. The molecule has 0 spiro atoms. The lowest BCUT2D eigenvalue weighted by molar-refractivity contribution is 0.229. The van der Waals surface area contributed by atoms with Gasteiger partial charge in [-0.3, -0.25) is 4.21 Å². The summed E-state index contributed by atoms with van der Waals surface area (Å²) in [5.74, 6) is 0.460. The summed E-state index contributed by atoms with van der Waals surface area (Å²) in [6.45, 7) is 1.83. The third-order valence-corrected chi connectivity index (χ3v) is 5.20. The standard InChI is InChI=1S/C17H25FN2O2S/c1-12(11-23(2)22)19-17(21)20-16(13-6-3-4-7-13)14-8-5-9-15(18)10-14/h5,8-10,12-13,16H,3-4,6-7,11H2,1-2H3,(H2,19,20,21)/t12-,16-,23+/m1/s1. The van der Waals surface area contributed by atoms with E-state index in [0.29, 0.717) is 11.7 Å². The first-order valence-corrected chi connectivity index (χ1v) is 9.81. The molecule has 23 heavy (non-hydrogen) atoms. The van der Waals surface area contributed by atoms with Crippen LogP contribution in [0.3, 0.4) is 0 Å². The largest absolute Gasteiger partial charge is 0.335 e. The van der Waals surface area contributed by atoms with E-state index >= 15 is 0 Å². The van der Waals surface area contributed by atoms with Crippen molar-refractivity contribution in [3.8, 4) is 0 Å². The van der Waals surface area contributed by atoms with Crippen molar-refractivity contribution in [3.05, 3.63) is 35.6 Å². The first kappa shape index (κ1) is 17.9. The van der Waals surface area contributed by atoms with Crippen LogP contribution in [0.15, 0.2) is 24.3 Å². The highest BCUT2D eigenvalue weighted by atomic mass is 32.2. The molecule has 2 N–H and O–H groups in total. The fourth-order valence-electron chi connectivity index (χ4n) is 3.26. The molecule has 0 unspecified atom stereocenters. The summed E-state index contributed by atoms with van der Waals surface area (Å²) in [5, 5.41) is 5.80. The van der Waals surface area contributed by atoms with E-state index < -0.39 is 10.8 Å². The molecule has 1 aromatic rings. The number of urea groups is 1. The lowest BCUT2D eigenvalue weighted by atomic mass is 9.91. The van der Waals surface area contributed by atoms with Crippen LogP contribution >= 0.6 is 0 Å². The Morgan fingerprint density at radius 2 is 2.04 bits per heavy atom. The van der Waals surface area contributed by atoms with Crippen LogP contribution in [0.1, 0.15) is 44.2 Å². The maximum atomic E-state index is 13.5. The molecule has 4 nitrogen and oxygen atoms in total. The van der Waals surface area contributed by atoms with Crippen LogP contribution < -0.4 is 10.6 Å². The van der Waals surface area contributed by atoms with Crippen LogP contribution in [-0.4, -0.2) is 28.3 Å². The van der Waals surface area contributed by atoms with Crippen LogP contribution in [-0.2, 0) is 10.8 Å². The van der Waals surface area contributed by atoms with Gasteiger partial charge in [0.15, 0.2) is 0 Å². The van der Waals surface area contributed by atoms with Gasteiger partial charge in [-0.05, 0) is 43.4 Å². The Labute approximate surface area is 139 Å². The first-order chi connectivity index (χ1) is 11.0. The van der Waals surface area contributed by atoms with Gasteiger partial charge in [-0.25, -0.2) is 9.18 Å². The second-order valence-electron chi connectivity index (χ2n) is 6.34. The SMILES string of the molecule is C[C@H](C[S@](C)=O)NC(=O)N[C@@H](c1cccc(F)c1)C1CCCC1. The second kappa shape index (κ2) is 8.43. The number of halogens is 1. The molecule has 2 rings (SSSR count). The number of amides is 2. The van der Waals surface area contributed by atoms with Crippen molar-refractivity contribution in [2.45, 2.75) is 44.7 Å². The summed E-state index contributed by atoms with van der Waals surface area (Å²) < 4.78 is 24.8. The van der Waals surface area contributed by atoms with E-state index in [4.69, 9.17) is 0 Å². The molecule has 1 fully saturated rings. The fourth-order valence-corrected chi connectivity index (χ4v) is 4.05. The molecule has 6 heteroatoms. The van der Waals surface area contributed by atoms with Crippen molar-refractivity contribution in [2.24, 2.45) is 5.92 Å². The molecule has 0 radical (unpaired) electrons. The molecule has 2 amide bonds. The zero-order valence-corrected chi connectivity index (χ0v) is 14.5. The van der Waals surface area contributed by atoms with Crippen LogP contribution in [0.4, 0.5) is 9.18 Å². The quantitative estimate of drug-likeness (QED) is 0.836. The fraction of sp³-hybridized carbons (Fsp3) is 0.588. The Hall–Kier alpha value is -1.43. The van der Waals surface area contributed by atoms with Crippen LogP contribution in [0.25, 0.3) is 0 Å². The molecule has 0 heterocycles. The summed E-state index contributed by atoms with van der Waals surface area (Å²) in [6.07, 6.45) is 5.98. The highest BCUT2D eigenvalue weighted by molar-refractivity contribution is 7.84. The van der Waals surface area contributed by atoms with Crippen molar-refractivity contribution in [3.63, 3.8) is 0 Å². The number of rotatable bonds is 6. The number of carbonyl (C=O) groups excluding carboxylic acids is 1. The molecule has 0 aliphatic heterocycles. The maximum Gasteiger partial charge on any atom is 0.315 e. The molecule has 128 valence electrons. The van der Waals surface area contributed by atoms with Crippen molar-refractivity contribution in [2.75, 3.05) is 12.0 Å². The number of benzene rings is 1. The average molecular weight is 340 g/mol. The molecule has 1 aliphatic rings. The minimum absolute atomic E-state index is 0.169. The molecular formula is C17H25FN2O2S. The maximum absolute atomic E-state index is 13.5. The molecule has 1 aromatic carbocycles. The van der Waals surface area contributed by atoms with Gasteiger partial charge in [-0.2, -0.15) is 0 Å². The monoisotopic (exact) mass is 340 g/mol. The summed E-state index contributed by atoms with van der Waals surface area (Å²) in [5.41, 5.74) is 0.804. The van der Waals surface area contributed by atoms with Gasteiger partial charge in [-0.1, -0.05) is 25.0 Å². The highest BCUT2D eigenvalue weighted by Crippen LogP contribution is 2.35. The van der Waals surface area contributed by atoms with E-state index in [1.165, 1.54) is 12.1 Å². The predicted octanol–water partition coefficient (Wildman–Crippen LogP) is 3.12. The van der Waals surface area contributed by atoms with Gasteiger partial charge in [0, 0.05) is 28.9 Å². The first-order valence-electron chi connectivity index (χ1n) is 8.08. The van der Waals surface area contributed by atoms with Gasteiger partial charge < -0.3 is 10.6 Å². The summed E-state index contributed by atoms with van der Waals surface area (Å²) in [6, 6.07) is 5.79. The number of hydrogen-bond donors (Lipinski definition) is 2. The zero-order chi connectivity index (χ0) is 16.8. The summed E-state index contributed by atoms with van der Waals surface area (Å²) >= 11 is 0. The number of hydrogen-bond acceptors (Lipinski definition) is 2.